The third kappa shape index (κ3) is 2.32. The number of pyridine rings is 1. The number of nitrogens with one attached hydrogen (secondary N) is 1. The first-order chi connectivity index (χ1) is 8.59. The van der Waals surface area contributed by atoms with E-state index in [2.05, 4.69) is 10.3 Å². The summed E-state index contributed by atoms with van der Waals surface area (Å²) >= 11 is 0. The van der Waals surface area contributed by atoms with Crippen LogP contribution in [-0.4, -0.2) is 10.9 Å². The first kappa shape index (κ1) is 12.1. The second-order valence-electron chi connectivity index (χ2n) is 4.18. The summed E-state index contributed by atoms with van der Waals surface area (Å²) in [6, 6.07) is 7.48. The number of aryl methyl sites for hydroxylation is 2. The Kier molecular flexibility index (Phi) is 3.28. The van der Waals surface area contributed by atoms with Gasteiger partial charge in [0.25, 0.3) is 5.91 Å². The molecule has 3 N–H and O–H groups in total. The number of anilines is 2. The van der Waals surface area contributed by atoms with Crippen molar-refractivity contribution in [2.45, 2.75) is 13.8 Å². The van der Waals surface area contributed by atoms with Gasteiger partial charge in [-0.05, 0) is 31.0 Å². The molecular formula is C14H15N3O. The quantitative estimate of drug-likeness (QED) is 0.849. The Bertz CT molecular complexity index is 573. The van der Waals surface area contributed by atoms with E-state index in [4.69, 9.17) is 5.73 Å². The zero-order valence-electron chi connectivity index (χ0n) is 10.4. The second kappa shape index (κ2) is 4.87. The molecule has 0 atom stereocenters. The fraction of sp³-hybridized carbons (Fsp3) is 0.143. The number of carbonyl (C=O) groups excluding carboxylic acids is 1. The average molecular weight is 241 g/mol. The Labute approximate surface area is 106 Å². The van der Waals surface area contributed by atoms with Gasteiger partial charge in [-0.3, -0.25) is 9.78 Å². The predicted octanol–water partition coefficient (Wildman–Crippen LogP) is 2.53. The van der Waals surface area contributed by atoms with E-state index in [1.165, 1.54) is 6.20 Å². The van der Waals surface area contributed by atoms with Gasteiger partial charge in [0.15, 0.2) is 0 Å². The SMILES string of the molecule is Cc1cccc(C)c1NC(=O)c1cnccc1N. The van der Waals surface area contributed by atoms with Crippen LogP contribution in [-0.2, 0) is 0 Å². The van der Waals surface area contributed by atoms with Crippen molar-refractivity contribution in [2.24, 2.45) is 0 Å². The highest BCUT2D eigenvalue weighted by molar-refractivity contribution is 6.08. The molecule has 0 aliphatic rings. The molecule has 2 aromatic rings. The molecule has 0 fully saturated rings. The van der Waals surface area contributed by atoms with E-state index in [9.17, 15) is 4.79 Å². The van der Waals surface area contributed by atoms with Crippen molar-refractivity contribution in [3.8, 4) is 0 Å². The molecule has 1 aromatic heterocycles. The van der Waals surface area contributed by atoms with Gasteiger partial charge in [0, 0.05) is 23.8 Å². The van der Waals surface area contributed by atoms with Crippen LogP contribution < -0.4 is 11.1 Å². The zero-order chi connectivity index (χ0) is 13.1. The van der Waals surface area contributed by atoms with Crippen molar-refractivity contribution >= 4 is 17.3 Å². The van der Waals surface area contributed by atoms with E-state index in [1.54, 1.807) is 12.3 Å². The molecule has 0 aliphatic heterocycles. The van der Waals surface area contributed by atoms with Crippen LogP contribution in [0, 0.1) is 13.8 Å². The Hall–Kier alpha value is -2.36. The van der Waals surface area contributed by atoms with Crippen molar-refractivity contribution in [1.29, 1.82) is 0 Å². The maximum Gasteiger partial charge on any atom is 0.259 e. The molecule has 0 saturated heterocycles. The highest BCUT2D eigenvalue weighted by atomic mass is 16.1. The molecule has 0 bridgehead atoms. The van der Waals surface area contributed by atoms with Crippen molar-refractivity contribution in [3.05, 3.63) is 53.3 Å². The molecule has 0 saturated carbocycles. The van der Waals surface area contributed by atoms with Gasteiger partial charge in [0.2, 0.25) is 0 Å². The third-order valence-electron chi connectivity index (χ3n) is 2.82. The summed E-state index contributed by atoms with van der Waals surface area (Å²) in [4.78, 5) is 16.0. The van der Waals surface area contributed by atoms with Crippen molar-refractivity contribution in [1.82, 2.24) is 4.98 Å². The molecule has 4 nitrogen and oxygen atoms in total. The Morgan fingerprint density at radius 2 is 1.89 bits per heavy atom. The molecule has 1 aromatic carbocycles. The fourth-order valence-electron chi connectivity index (χ4n) is 1.79. The van der Waals surface area contributed by atoms with Crippen LogP contribution in [0.5, 0.6) is 0 Å². The number of hydrogen-bond acceptors (Lipinski definition) is 3. The Morgan fingerprint density at radius 3 is 2.50 bits per heavy atom. The zero-order valence-corrected chi connectivity index (χ0v) is 10.4. The molecule has 0 radical (unpaired) electrons. The first-order valence-corrected chi connectivity index (χ1v) is 5.66. The topological polar surface area (TPSA) is 68.0 Å². The van der Waals surface area contributed by atoms with Crippen LogP contribution in [0.15, 0.2) is 36.7 Å². The van der Waals surface area contributed by atoms with Gasteiger partial charge in [0.05, 0.1) is 5.56 Å². The van der Waals surface area contributed by atoms with Crippen LogP contribution in [0.3, 0.4) is 0 Å². The summed E-state index contributed by atoms with van der Waals surface area (Å²) in [5, 5.41) is 2.88. The van der Waals surface area contributed by atoms with Gasteiger partial charge in [-0.25, -0.2) is 0 Å². The normalized spacial score (nSPS) is 10.1. The maximum absolute atomic E-state index is 12.1. The van der Waals surface area contributed by atoms with E-state index in [-0.39, 0.29) is 5.91 Å². The van der Waals surface area contributed by atoms with E-state index in [0.717, 1.165) is 16.8 Å². The molecule has 0 aliphatic carbocycles. The lowest BCUT2D eigenvalue weighted by molar-refractivity contribution is 0.102. The molecular weight excluding hydrogens is 226 g/mol. The number of rotatable bonds is 2. The Morgan fingerprint density at radius 1 is 1.22 bits per heavy atom. The number of nitrogen functional groups attached to an aromatic ring is 1. The van der Waals surface area contributed by atoms with Crippen LogP contribution in [0.4, 0.5) is 11.4 Å². The molecule has 18 heavy (non-hydrogen) atoms. The highest BCUT2D eigenvalue weighted by Gasteiger charge is 2.12. The number of nitrogens with zero attached hydrogens (tertiary/aromatic N) is 1. The van der Waals surface area contributed by atoms with E-state index in [1.807, 2.05) is 32.0 Å². The molecule has 0 spiro atoms. The monoisotopic (exact) mass is 241 g/mol. The molecule has 4 heteroatoms. The van der Waals surface area contributed by atoms with Crippen LogP contribution in [0.25, 0.3) is 0 Å². The number of nitrogens with two attached hydrogens (primary N) is 1. The smallest absolute Gasteiger partial charge is 0.259 e. The maximum atomic E-state index is 12.1. The largest absolute Gasteiger partial charge is 0.398 e. The highest BCUT2D eigenvalue weighted by Crippen LogP contribution is 2.21. The summed E-state index contributed by atoms with van der Waals surface area (Å²) in [6.07, 6.45) is 3.03. The van der Waals surface area contributed by atoms with Gasteiger partial charge < -0.3 is 11.1 Å². The second-order valence-corrected chi connectivity index (χ2v) is 4.18. The lowest BCUT2D eigenvalue weighted by atomic mass is 10.1. The number of amides is 1. The van der Waals surface area contributed by atoms with Crippen LogP contribution in [0.1, 0.15) is 21.5 Å². The van der Waals surface area contributed by atoms with Crippen LogP contribution >= 0.6 is 0 Å². The summed E-state index contributed by atoms with van der Waals surface area (Å²) in [7, 11) is 0. The lowest BCUT2D eigenvalue weighted by Crippen LogP contribution is -2.15. The minimum Gasteiger partial charge on any atom is -0.398 e. The first-order valence-electron chi connectivity index (χ1n) is 5.66. The summed E-state index contributed by atoms with van der Waals surface area (Å²) in [5.41, 5.74) is 9.43. The molecule has 0 unspecified atom stereocenters. The van der Waals surface area contributed by atoms with Crippen molar-refractivity contribution < 1.29 is 4.79 Å². The van der Waals surface area contributed by atoms with Gasteiger partial charge in [-0.15, -0.1) is 0 Å². The molecule has 2 rings (SSSR count). The van der Waals surface area contributed by atoms with Crippen LogP contribution in [0.2, 0.25) is 0 Å². The summed E-state index contributed by atoms with van der Waals surface area (Å²) in [5.74, 6) is -0.238. The van der Waals surface area contributed by atoms with Gasteiger partial charge in [-0.2, -0.15) is 0 Å². The Balaban J connectivity index is 2.30. The van der Waals surface area contributed by atoms with Gasteiger partial charge >= 0.3 is 0 Å². The van der Waals surface area contributed by atoms with Crippen molar-refractivity contribution in [2.75, 3.05) is 11.1 Å². The third-order valence-corrected chi connectivity index (χ3v) is 2.82. The number of carbonyl (C=O) groups is 1. The van der Waals surface area contributed by atoms with E-state index >= 15 is 0 Å². The molecule has 1 heterocycles. The summed E-state index contributed by atoms with van der Waals surface area (Å²) < 4.78 is 0. The number of aromatic nitrogens is 1. The summed E-state index contributed by atoms with van der Waals surface area (Å²) in [6.45, 7) is 3.91. The minimum absolute atomic E-state index is 0.238. The fourth-order valence-corrected chi connectivity index (χ4v) is 1.79. The van der Waals surface area contributed by atoms with Crippen molar-refractivity contribution in [3.63, 3.8) is 0 Å². The number of hydrogen-bond donors (Lipinski definition) is 2. The number of benzene rings is 1. The minimum atomic E-state index is -0.238. The average Bonchev–Trinajstić information content (AvgIpc) is 2.34. The number of para-hydroxylation sites is 1. The standard InChI is InChI=1S/C14H15N3O/c1-9-4-3-5-10(2)13(9)17-14(18)11-8-16-7-6-12(11)15/h3-8H,1-2H3,(H2,15,16)(H,17,18). The van der Waals surface area contributed by atoms with E-state index < -0.39 is 0 Å². The van der Waals surface area contributed by atoms with Gasteiger partial charge in [-0.1, -0.05) is 18.2 Å². The molecule has 92 valence electrons. The van der Waals surface area contributed by atoms with Gasteiger partial charge in [0.1, 0.15) is 0 Å². The predicted molar refractivity (Wildman–Crippen MR) is 72.5 cm³/mol. The lowest BCUT2D eigenvalue weighted by Gasteiger charge is -2.12. The van der Waals surface area contributed by atoms with E-state index in [0.29, 0.717) is 11.3 Å². The molecule has 1 amide bonds.